The fraction of sp³-hybridized carbons (Fsp3) is 0.312. The van der Waals surface area contributed by atoms with Crippen molar-refractivity contribution in [1.82, 2.24) is 19.5 Å². The zero-order chi connectivity index (χ0) is 16.5. The Kier molecular flexibility index (Phi) is 4.03. The number of nitrogens with zero attached hydrogens (tertiary/aromatic N) is 4. The highest BCUT2D eigenvalue weighted by Crippen LogP contribution is 2.30. The van der Waals surface area contributed by atoms with Crippen molar-refractivity contribution in [2.24, 2.45) is 0 Å². The molecule has 1 saturated heterocycles. The summed E-state index contributed by atoms with van der Waals surface area (Å²) >= 11 is 6.06. The van der Waals surface area contributed by atoms with E-state index in [1.165, 1.54) is 6.07 Å². The zero-order valence-corrected chi connectivity index (χ0v) is 13.5. The van der Waals surface area contributed by atoms with Crippen molar-refractivity contribution in [3.8, 4) is 0 Å². The molecule has 1 N–H and O–H groups in total. The number of nitrogens with one attached hydrogen (secondary N) is 1. The second-order valence-electron chi connectivity index (χ2n) is 5.59. The number of hydrogen-bond acceptors (Lipinski definition) is 5. The van der Waals surface area contributed by atoms with Gasteiger partial charge in [-0.3, -0.25) is 4.57 Å². The van der Waals surface area contributed by atoms with Crippen LogP contribution < -0.4 is 5.32 Å². The summed E-state index contributed by atoms with van der Waals surface area (Å²) in [5.74, 6) is -0.0138. The molecule has 0 radical (unpaired) electrons. The number of anilines is 2. The predicted octanol–water partition coefficient (Wildman–Crippen LogP) is 4.06. The number of fused-ring (bicyclic) bond motifs is 1. The Morgan fingerprint density at radius 1 is 1.25 bits per heavy atom. The first kappa shape index (κ1) is 15.3. The van der Waals surface area contributed by atoms with Crippen LogP contribution in [0.1, 0.15) is 25.5 Å². The Morgan fingerprint density at radius 2 is 2.12 bits per heavy atom. The molecule has 6 nitrogen and oxygen atoms in total. The quantitative estimate of drug-likeness (QED) is 0.724. The van der Waals surface area contributed by atoms with Crippen LogP contribution in [0.3, 0.4) is 0 Å². The second-order valence-corrected chi connectivity index (χ2v) is 5.93. The van der Waals surface area contributed by atoms with E-state index in [1.807, 2.05) is 4.57 Å². The lowest BCUT2D eigenvalue weighted by molar-refractivity contribution is -0.0298. The second kappa shape index (κ2) is 6.33. The maximum Gasteiger partial charge on any atom is 0.226 e. The average Bonchev–Trinajstić information content (AvgIpc) is 3.01. The predicted molar refractivity (Wildman–Crippen MR) is 88.9 cm³/mol. The molecular weight excluding hydrogens is 333 g/mol. The minimum atomic E-state index is -0.379. The summed E-state index contributed by atoms with van der Waals surface area (Å²) in [4.78, 5) is 12.8. The highest BCUT2D eigenvalue weighted by Gasteiger charge is 2.21. The van der Waals surface area contributed by atoms with Gasteiger partial charge in [-0.2, -0.15) is 9.97 Å². The van der Waals surface area contributed by atoms with Crippen LogP contribution in [0.5, 0.6) is 0 Å². The van der Waals surface area contributed by atoms with Crippen molar-refractivity contribution < 1.29 is 9.13 Å². The fourth-order valence-corrected chi connectivity index (χ4v) is 2.99. The highest BCUT2D eigenvalue weighted by atomic mass is 35.5. The molecule has 0 spiro atoms. The summed E-state index contributed by atoms with van der Waals surface area (Å²) in [6.07, 6.45) is 4.58. The molecule has 4 rings (SSSR count). The third kappa shape index (κ3) is 2.81. The molecule has 24 heavy (non-hydrogen) atoms. The molecule has 1 atom stereocenters. The molecule has 1 aliphatic rings. The summed E-state index contributed by atoms with van der Waals surface area (Å²) in [6, 6.07) is 6.35. The highest BCUT2D eigenvalue weighted by molar-refractivity contribution is 6.28. The molecule has 1 fully saturated rings. The molecule has 0 saturated carbocycles. The minimum absolute atomic E-state index is 0.0684. The Hall–Kier alpha value is -2.25. The third-order valence-corrected chi connectivity index (χ3v) is 4.16. The average molecular weight is 348 g/mol. The van der Waals surface area contributed by atoms with E-state index < -0.39 is 0 Å². The molecule has 0 aliphatic carbocycles. The number of rotatable bonds is 3. The van der Waals surface area contributed by atoms with Crippen molar-refractivity contribution in [3.05, 3.63) is 41.7 Å². The Balaban J connectivity index is 1.76. The lowest BCUT2D eigenvalue weighted by Gasteiger charge is -2.23. The Labute approximate surface area is 142 Å². The molecule has 3 heterocycles. The van der Waals surface area contributed by atoms with E-state index in [1.54, 1.807) is 24.5 Å². The van der Waals surface area contributed by atoms with E-state index >= 15 is 0 Å². The van der Waals surface area contributed by atoms with Gasteiger partial charge in [-0.05, 0) is 43.0 Å². The van der Waals surface area contributed by atoms with Crippen molar-refractivity contribution in [1.29, 1.82) is 0 Å². The van der Waals surface area contributed by atoms with E-state index in [0.717, 1.165) is 19.3 Å². The molecule has 0 amide bonds. The lowest BCUT2D eigenvalue weighted by atomic mass is 10.2. The first-order valence-corrected chi connectivity index (χ1v) is 8.13. The van der Waals surface area contributed by atoms with E-state index in [4.69, 9.17) is 16.3 Å². The van der Waals surface area contributed by atoms with E-state index in [-0.39, 0.29) is 17.3 Å². The normalized spacial score (nSPS) is 18.0. The van der Waals surface area contributed by atoms with Gasteiger partial charge in [0, 0.05) is 6.61 Å². The van der Waals surface area contributed by atoms with Crippen molar-refractivity contribution >= 4 is 34.3 Å². The number of benzene rings is 1. The summed E-state index contributed by atoms with van der Waals surface area (Å²) in [6.45, 7) is 0.712. The standard InChI is InChI=1S/C16H15ClFN5O/c17-16-21-14(20-11-6-2-1-5-10(11)18)13-15(22-16)23(9-19-13)12-7-3-4-8-24-12/h1-2,5-6,9,12H,3-4,7-8H2,(H,20,21,22). The largest absolute Gasteiger partial charge is 0.358 e. The van der Waals surface area contributed by atoms with Crippen LogP contribution in [-0.2, 0) is 4.74 Å². The summed E-state index contributed by atoms with van der Waals surface area (Å²) in [5, 5.41) is 3.01. The number of hydrogen-bond donors (Lipinski definition) is 1. The SMILES string of the molecule is Fc1ccccc1Nc1nc(Cl)nc2c1ncn2C1CCCCO1. The van der Waals surface area contributed by atoms with Gasteiger partial charge in [0.2, 0.25) is 5.28 Å². The fourth-order valence-electron chi connectivity index (χ4n) is 2.82. The van der Waals surface area contributed by atoms with Crippen molar-refractivity contribution in [3.63, 3.8) is 0 Å². The van der Waals surface area contributed by atoms with E-state index in [2.05, 4.69) is 20.3 Å². The molecule has 124 valence electrons. The van der Waals surface area contributed by atoms with Gasteiger partial charge < -0.3 is 10.1 Å². The van der Waals surface area contributed by atoms with Crippen molar-refractivity contribution in [2.75, 3.05) is 11.9 Å². The number of imidazole rings is 1. The number of para-hydroxylation sites is 1. The lowest BCUT2D eigenvalue weighted by Crippen LogP contribution is -2.17. The van der Waals surface area contributed by atoms with E-state index in [0.29, 0.717) is 29.3 Å². The molecule has 1 unspecified atom stereocenters. The Bertz CT molecular complexity index is 878. The summed E-state index contributed by atoms with van der Waals surface area (Å²) in [7, 11) is 0. The summed E-state index contributed by atoms with van der Waals surface area (Å²) in [5.41, 5.74) is 1.40. The van der Waals surface area contributed by atoms with Crippen LogP contribution in [0.25, 0.3) is 11.2 Å². The van der Waals surface area contributed by atoms with Gasteiger partial charge in [0.25, 0.3) is 0 Å². The van der Waals surface area contributed by atoms with Gasteiger partial charge >= 0.3 is 0 Å². The van der Waals surface area contributed by atoms with Crippen LogP contribution in [0.2, 0.25) is 5.28 Å². The zero-order valence-electron chi connectivity index (χ0n) is 12.7. The van der Waals surface area contributed by atoms with Crippen LogP contribution in [-0.4, -0.2) is 26.1 Å². The third-order valence-electron chi connectivity index (χ3n) is 3.99. The first-order valence-electron chi connectivity index (χ1n) is 7.75. The van der Waals surface area contributed by atoms with Gasteiger partial charge in [0.15, 0.2) is 17.0 Å². The van der Waals surface area contributed by atoms with Crippen LogP contribution in [0.4, 0.5) is 15.9 Å². The van der Waals surface area contributed by atoms with Gasteiger partial charge in [-0.15, -0.1) is 0 Å². The van der Waals surface area contributed by atoms with Crippen LogP contribution in [0, 0.1) is 5.82 Å². The van der Waals surface area contributed by atoms with E-state index in [9.17, 15) is 4.39 Å². The van der Waals surface area contributed by atoms with Gasteiger partial charge in [-0.1, -0.05) is 12.1 Å². The molecule has 1 aliphatic heterocycles. The minimum Gasteiger partial charge on any atom is -0.358 e. The summed E-state index contributed by atoms with van der Waals surface area (Å²) < 4.78 is 21.5. The van der Waals surface area contributed by atoms with Gasteiger partial charge in [-0.25, -0.2) is 9.37 Å². The molecule has 2 aromatic heterocycles. The Morgan fingerprint density at radius 3 is 2.92 bits per heavy atom. The molecule has 3 aromatic rings. The first-order chi connectivity index (χ1) is 11.7. The molecule has 0 bridgehead atoms. The molecule has 8 heteroatoms. The smallest absolute Gasteiger partial charge is 0.226 e. The molecular formula is C16H15ClFN5O. The van der Waals surface area contributed by atoms with Gasteiger partial charge in [0.1, 0.15) is 12.0 Å². The van der Waals surface area contributed by atoms with Crippen molar-refractivity contribution in [2.45, 2.75) is 25.5 Å². The number of ether oxygens (including phenoxy) is 1. The maximum absolute atomic E-state index is 13.9. The maximum atomic E-state index is 13.9. The van der Waals surface area contributed by atoms with Crippen LogP contribution >= 0.6 is 11.6 Å². The van der Waals surface area contributed by atoms with Crippen LogP contribution in [0.15, 0.2) is 30.6 Å². The topological polar surface area (TPSA) is 64.9 Å². The molecule has 1 aromatic carbocycles. The monoisotopic (exact) mass is 347 g/mol. The van der Waals surface area contributed by atoms with Gasteiger partial charge in [0.05, 0.1) is 12.0 Å². The number of aromatic nitrogens is 4. The number of halogens is 2.